The minimum Gasteiger partial charge on any atom is -0.392 e. The number of piperazine rings is 1. The number of benzene rings is 4. The first-order valence-corrected chi connectivity index (χ1v) is 20.0. The first kappa shape index (κ1) is 38.3. The third-order valence-electron chi connectivity index (χ3n) is 9.94. The Bertz CT molecular complexity index is 2120. The average molecular weight is 763 g/mol. The average Bonchev–Trinajstić information content (AvgIpc) is 3.22. The molecule has 7 rings (SSSR count). The van der Waals surface area contributed by atoms with Crippen molar-refractivity contribution in [2.75, 3.05) is 42.9 Å². The van der Waals surface area contributed by atoms with Gasteiger partial charge in [-0.05, 0) is 60.4 Å². The number of carbonyl (C=O) groups excluding carboxylic acids is 1. The van der Waals surface area contributed by atoms with Crippen LogP contribution in [0.1, 0.15) is 46.6 Å². The monoisotopic (exact) mass is 762 g/mol. The lowest BCUT2D eigenvalue weighted by Gasteiger charge is -2.40. The number of nitrogens with one attached hydrogen (secondary N) is 2. The Morgan fingerprint density at radius 3 is 2.27 bits per heavy atom. The zero-order valence-corrected chi connectivity index (χ0v) is 31.5. The van der Waals surface area contributed by atoms with E-state index in [1.54, 1.807) is 30.6 Å². The van der Waals surface area contributed by atoms with E-state index in [1.165, 1.54) is 12.1 Å². The van der Waals surface area contributed by atoms with Crippen molar-refractivity contribution in [3.8, 4) is 0 Å². The summed E-state index contributed by atoms with van der Waals surface area (Å²) in [4.78, 5) is 27.4. The van der Waals surface area contributed by atoms with E-state index >= 15 is 0 Å². The molecule has 4 atom stereocenters. The fraction of sp³-hybridized carbons (Fsp3) is 0.310. The lowest BCUT2D eigenvalue weighted by atomic mass is 9.99. The molecule has 12 nitrogen and oxygen atoms in total. The largest absolute Gasteiger partial charge is 0.392 e. The molecule has 2 fully saturated rings. The number of aliphatic hydroxyl groups is 1. The fourth-order valence-corrected chi connectivity index (χ4v) is 8.10. The van der Waals surface area contributed by atoms with Crippen molar-refractivity contribution in [3.63, 3.8) is 0 Å². The molecule has 55 heavy (non-hydrogen) atoms. The second kappa shape index (κ2) is 17.6. The highest BCUT2D eigenvalue weighted by Gasteiger charge is 2.34. The van der Waals surface area contributed by atoms with E-state index < -0.39 is 28.3 Å². The molecular formula is C42H46N6O6S. The van der Waals surface area contributed by atoms with Crippen LogP contribution in [0.15, 0.2) is 126 Å². The van der Waals surface area contributed by atoms with E-state index in [9.17, 15) is 18.3 Å². The number of nitrogens with zero attached hydrogens (tertiary/aromatic N) is 4. The minimum absolute atomic E-state index is 0.0434. The van der Waals surface area contributed by atoms with Gasteiger partial charge in [0, 0.05) is 62.8 Å². The van der Waals surface area contributed by atoms with Gasteiger partial charge in [0.2, 0.25) is 21.9 Å². The van der Waals surface area contributed by atoms with Crippen LogP contribution in [0, 0.1) is 6.92 Å². The van der Waals surface area contributed by atoms with Gasteiger partial charge in [-0.25, -0.2) is 18.4 Å². The van der Waals surface area contributed by atoms with E-state index in [4.69, 9.17) is 9.47 Å². The van der Waals surface area contributed by atoms with E-state index in [0.29, 0.717) is 24.2 Å². The summed E-state index contributed by atoms with van der Waals surface area (Å²) in [6.45, 7) is 5.81. The Labute approximate surface area is 322 Å². The third-order valence-corrected chi connectivity index (χ3v) is 11.4. The fourth-order valence-electron chi connectivity index (χ4n) is 6.91. The van der Waals surface area contributed by atoms with Crippen LogP contribution in [0.25, 0.3) is 0 Å². The van der Waals surface area contributed by atoms with Gasteiger partial charge in [0.1, 0.15) is 6.04 Å². The number of amides is 1. The Kier molecular flexibility index (Phi) is 12.3. The highest BCUT2D eigenvalue weighted by molar-refractivity contribution is 7.89. The van der Waals surface area contributed by atoms with Gasteiger partial charge >= 0.3 is 0 Å². The van der Waals surface area contributed by atoms with E-state index in [-0.39, 0.29) is 30.1 Å². The predicted molar refractivity (Wildman–Crippen MR) is 210 cm³/mol. The Hall–Kier alpha value is -5.02. The molecule has 1 aromatic heterocycles. The summed E-state index contributed by atoms with van der Waals surface area (Å²) in [5.74, 6) is 0.236. The molecule has 2 aliphatic heterocycles. The number of aliphatic hydroxyl groups excluding tert-OH is 1. The van der Waals surface area contributed by atoms with Crippen LogP contribution in [-0.2, 0) is 37.3 Å². The molecule has 1 amide bonds. The SMILES string of the molecule is Cc1ccc(S(=O)(=O)N[C@H](Cc2ccccc2)C(=O)Nc2cccc(C3O[C@H](CN4CCN(c5ncccn5)CC4)C[C@H](c4ccc(CO)cc4)O3)c2)cc1. The molecule has 0 saturated carbocycles. The summed E-state index contributed by atoms with van der Waals surface area (Å²) in [6, 6.07) is 31.6. The van der Waals surface area contributed by atoms with Crippen molar-refractivity contribution in [1.82, 2.24) is 19.6 Å². The quantitative estimate of drug-likeness (QED) is 0.147. The van der Waals surface area contributed by atoms with E-state index in [1.807, 2.05) is 85.8 Å². The Morgan fingerprint density at radius 2 is 1.56 bits per heavy atom. The minimum atomic E-state index is -4.01. The Morgan fingerprint density at radius 1 is 0.836 bits per heavy atom. The maximum Gasteiger partial charge on any atom is 0.242 e. The van der Waals surface area contributed by atoms with Gasteiger partial charge < -0.3 is 24.8 Å². The van der Waals surface area contributed by atoms with Gasteiger partial charge in [0.25, 0.3) is 0 Å². The van der Waals surface area contributed by atoms with Crippen LogP contribution >= 0.6 is 0 Å². The number of rotatable bonds is 13. The number of carbonyl (C=O) groups is 1. The number of ether oxygens (including phenoxy) is 2. The van der Waals surface area contributed by atoms with Gasteiger partial charge in [-0.1, -0.05) is 84.4 Å². The summed E-state index contributed by atoms with van der Waals surface area (Å²) in [5, 5.41) is 12.6. The second-order valence-electron chi connectivity index (χ2n) is 14.0. The predicted octanol–water partition coefficient (Wildman–Crippen LogP) is 5.17. The lowest BCUT2D eigenvalue weighted by Crippen LogP contribution is -2.50. The summed E-state index contributed by atoms with van der Waals surface area (Å²) in [5.41, 5.74) is 4.73. The molecule has 286 valence electrons. The van der Waals surface area contributed by atoms with E-state index in [0.717, 1.165) is 54.4 Å². The molecular weight excluding hydrogens is 717 g/mol. The standard InChI is InChI=1S/C42H46N6O6S/c1-30-11-17-37(18-12-30)55(51,52)46-38(25-31-7-3-2-4-8-31)40(50)45-35-10-5-9-34(26-35)41-53-36(27-39(54-41)33-15-13-32(29-49)14-16-33)28-47-21-23-48(24-22-47)42-43-19-6-20-44-42/h2-20,26,36,38-39,41,46,49H,21-25,27-29H2,1H3,(H,45,50)/t36-,38+,39+,41?/m0/s1. The molecule has 2 saturated heterocycles. The molecule has 1 unspecified atom stereocenters. The van der Waals surface area contributed by atoms with Gasteiger partial charge in [-0.15, -0.1) is 0 Å². The molecule has 0 spiro atoms. The normalized spacial score (nSPS) is 19.8. The van der Waals surface area contributed by atoms with Crippen molar-refractivity contribution < 1.29 is 27.8 Å². The summed E-state index contributed by atoms with van der Waals surface area (Å²) >= 11 is 0. The summed E-state index contributed by atoms with van der Waals surface area (Å²) < 4.78 is 42.8. The number of aromatic nitrogens is 2. The number of anilines is 2. The Balaban J connectivity index is 1.08. The van der Waals surface area contributed by atoms with Crippen molar-refractivity contribution in [2.24, 2.45) is 0 Å². The molecule has 0 bridgehead atoms. The smallest absolute Gasteiger partial charge is 0.242 e. The van der Waals surface area contributed by atoms with Crippen LogP contribution in [0.2, 0.25) is 0 Å². The molecule has 3 heterocycles. The third kappa shape index (κ3) is 10.00. The van der Waals surface area contributed by atoms with Gasteiger partial charge in [0.15, 0.2) is 6.29 Å². The lowest BCUT2D eigenvalue weighted by molar-refractivity contribution is -0.253. The topological polar surface area (TPSA) is 146 Å². The summed E-state index contributed by atoms with van der Waals surface area (Å²) in [6.07, 6.45) is 3.13. The molecule has 0 radical (unpaired) electrons. The number of aryl methyl sites for hydroxylation is 1. The van der Waals surface area contributed by atoms with Crippen molar-refractivity contribution in [2.45, 2.75) is 55.8 Å². The first-order chi connectivity index (χ1) is 26.7. The molecule has 2 aliphatic rings. The molecule has 13 heteroatoms. The van der Waals surface area contributed by atoms with E-state index in [2.05, 4.69) is 29.8 Å². The van der Waals surface area contributed by atoms with Crippen molar-refractivity contribution in [1.29, 1.82) is 0 Å². The van der Waals surface area contributed by atoms with Crippen molar-refractivity contribution in [3.05, 3.63) is 149 Å². The maximum atomic E-state index is 13.9. The van der Waals surface area contributed by atoms with Crippen LogP contribution in [0.4, 0.5) is 11.6 Å². The molecule has 5 aromatic rings. The molecule has 0 aliphatic carbocycles. The van der Waals surface area contributed by atoms with Crippen molar-refractivity contribution >= 4 is 27.6 Å². The van der Waals surface area contributed by atoms with Crippen LogP contribution in [0.3, 0.4) is 0 Å². The maximum absolute atomic E-state index is 13.9. The zero-order chi connectivity index (χ0) is 38.2. The van der Waals surface area contributed by atoms with Gasteiger partial charge in [0.05, 0.1) is 23.7 Å². The summed E-state index contributed by atoms with van der Waals surface area (Å²) in [7, 11) is -4.01. The van der Waals surface area contributed by atoms with Crippen LogP contribution in [0.5, 0.6) is 0 Å². The first-order valence-electron chi connectivity index (χ1n) is 18.5. The number of sulfonamides is 1. The molecule has 3 N–H and O–H groups in total. The van der Waals surface area contributed by atoms with Crippen LogP contribution < -0.4 is 14.9 Å². The number of hydrogen-bond acceptors (Lipinski definition) is 10. The van der Waals surface area contributed by atoms with Gasteiger partial charge in [-0.2, -0.15) is 4.72 Å². The van der Waals surface area contributed by atoms with Crippen LogP contribution in [-0.4, -0.2) is 79.2 Å². The highest BCUT2D eigenvalue weighted by atomic mass is 32.2. The highest BCUT2D eigenvalue weighted by Crippen LogP contribution is 2.39. The van der Waals surface area contributed by atoms with Gasteiger partial charge in [-0.3, -0.25) is 9.69 Å². The number of hydrogen-bond donors (Lipinski definition) is 3. The molecule has 4 aromatic carbocycles. The second-order valence-corrected chi connectivity index (χ2v) is 15.7. The zero-order valence-electron chi connectivity index (χ0n) is 30.7.